The molecule has 2 rings (SSSR count). The Morgan fingerprint density at radius 3 is 2.65 bits per heavy atom. The minimum absolute atomic E-state index is 0.139. The van der Waals surface area contributed by atoms with Crippen molar-refractivity contribution in [3.05, 3.63) is 26.6 Å². The normalized spacial score (nSPS) is 20.7. The van der Waals surface area contributed by atoms with E-state index in [1.54, 1.807) is 0 Å². The van der Waals surface area contributed by atoms with Crippen LogP contribution in [0, 0.1) is 0 Å². The summed E-state index contributed by atoms with van der Waals surface area (Å²) in [6.45, 7) is 3.62. The Morgan fingerprint density at radius 1 is 1.40 bits per heavy atom. The van der Waals surface area contributed by atoms with Crippen molar-refractivity contribution in [3.63, 3.8) is 0 Å². The Hall–Kier alpha value is -0.100. The van der Waals surface area contributed by atoms with Gasteiger partial charge in [0.1, 0.15) is 11.9 Å². The molecule has 0 aliphatic carbocycles. The molecule has 2 N–H and O–H groups in total. The molecular formula is C15H21Br2NO2. The fourth-order valence-electron chi connectivity index (χ4n) is 2.26. The zero-order valence-corrected chi connectivity index (χ0v) is 14.9. The van der Waals surface area contributed by atoms with E-state index in [9.17, 15) is 0 Å². The van der Waals surface area contributed by atoms with E-state index >= 15 is 0 Å². The average molecular weight is 407 g/mol. The summed E-state index contributed by atoms with van der Waals surface area (Å²) in [7, 11) is 0. The molecule has 1 fully saturated rings. The number of nitrogens with two attached hydrogens (primary N) is 1. The highest BCUT2D eigenvalue weighted by Gasteiger charge is 2.19. The van der Waals surface area contributed by atoms with Gasteiger partial charge in [-0.15, -0.1) is 0 Å². The predicted octanol–water partition coefficient (Wildman–Crippen LogP) is 4.05. The molecule has 2 atom stereocenters. The zero-order valence-electron chi connectivity index (χ0n) is 11.7. The molecule has 0 spiro atoms. The molecule has 1 saturated heterocycles. The smallest absolute Gasteiger partial charge is 0.148 e. The van der Waals surface area contributed by atoms with Crippen LogP contribution >= 0.6 is 31.9 Å². The van der Waals surface area contributed by atoms with Gasteiger partial charge in [-0.25, -0.2) is 0 Å². The highest BCUT2D eigenvalue weighted by molar-refractivity contribution is 9.11. The Morgan fingerprint density at radius 2 is 2.10 bits per heavy atom. The summed E-state index contributed by atoms with van der Waals surface area (Å²) < 4.78 is 13.4. The largest absolute Gasteiger partial charge is 0.486 e. The first kappa shape index (κ1) is 16.3. The second-order valence-corrected chi connectivity index (χ2v) is 6.93. The van der Waals surface area contributed by atoms with Gasteiger partial charge in [0, 0.05) is 12.6 Å². The van der Waals surface area contributed by atoms with Crippen molar-refractivity contribution in [2.45, 2.75) is 44.8 Å². The first-order chi connectivity index (χ1) is 9.60. The first-order valence-electron chi connectivity index (χ1n) is 7.08. The molecule has 0 bridgehead atoms. The van der Waals surface area contributed by atoms with E-state index in [0.29, 0.717) is 6.61 Å². The van der Waals surface area contributed by atoms with Crippen LogP contribution in [-0.2, 0) is 11.2 Å². The van der Waals surface area contributed by atoms with Crippen LogP contribution < -0.4 is 10.5 Å². The van der Waals surface area contributed by atoms with E-state index in [1.165, 1.54) is 5.56 Å². The predicted molar refractivity (Wildman–Crippen MR) is 88.3 cm³/mol. The van der Waals surface area contributed by atoms with Gasteiger partial charge in [-0.2, -0.15) is 0 Å². The zero-order chi connectivity index (χ0) is 14.5. The van der Waals surface area contributed by atoms with Crippen LogP contribution in [0.5, 0.6) is 5.75 Å². The van der Waals surface area contributed by atoms with E-state index in [0.717, 1.165) is 47.0 Å². The molecule has 2 unspecified atom stereocenters. The van der Waals surface area contributed by atoms with Gasteiger partial charge in [0.2, 0.25) is 0 Å². The maximum atomic E-state index is 6.05. The van der Waals surface area contributed by atoms with Gasteiger partial charge in [-0.1, -0.05) is 6.92 Å². The van der Waals surface area contributed by atoms with Gasteiger partial charge in [-0.05, 0) is 75.2 Å². The maximum Gasteiger partial charge on any atom is 0.148 e. The third-order valence-electron chi connectivity index (χ3n) is 3.48. The highest BCUT2D eigenvalue weighted by atomic mass is 79.9. The van der Waals surface area contributed by atoms with Crippen LogP contribution in [0.25, 0.3) is 0 Å². The molecule has 5 heteroatoms. The summed E-state index contributed by atoms with van der Waals surface area (Å²) in [5, 5.41) is 0. The molecule has 1 aromatic rings. The molecule has 0 radical (unpaired) electrons. The van der Waals surface area contributed by atoms with Crippen LogP contribution in [0.2, 0.25) is 0 Å². The summed E-state index contributed by atoms with van der Waals surface area (Å²) in [6.07, 6.45) is 4.10. The van der Waals surface area contributed by atoms with Gasteiger partial charge in [0.25, 0.3) is 0 Å². The average Bonchev–Trinajstić information content (AvgIpc) is 2.44. The van der Waals surface area contributed by atoms with Crippen molar-refractivity contribution in [1.29, 1.82) is 0 Å². The van der Waals surface area contributed by atoms with Crippen LogP contribution in [0.15, 0.2) is 21.1 Å². The third kappa shape index (κ3) is 4.45. The summed E-state index contributed by atoms with van der Waals surface area (Å²) >= 11 is 7.20. The second-order valence-electron chi connectivity index (χ2n) is 5.22. The van der Waals surface area contributed by atoms with Crippen molar-refractivity contribution >= 4 is 31.9 Å². The summed E-state index contributed by atoms with van der Waals surface area (Å²) in [5.74, 6) is 0.856. The molecule has 1 aliphatic rings. The van der Waals surface area contributed by atoms with E-state index in [-0.39, 0.29) is 12.1 Å². The first-order valence-corrected chi connectivity index (χ1v) is 8.66. The van der Waals surface area contributed by atoms with Crippen molar-refractivity contribution in [2.75, 3.05) is 13.2 Å². The number of ether oxygens (including phenoxy) is 2. The number of benzene rings is 1. The molecule has 1 heterocycles. The van der Waals surface area contributed by atoms with Crippen molar-refractivity contribution in [1.82, 2.24) is 0 Å². The quantitative estimate of drug-likeness (QED) is 0.802. The van der Waals surface area contributed by atoms with Crippen molar-refractivity contribution in [2.24, 2.45) is 5.73 Å². The van der Waals surface area contributed by atoms with E-state index in [4.69, 9.17) is 15.2 Å². The molecule has 0 amide bonds. The number of rotatable bonds is 5. The monoisotopic (exact) mass is 405 g/mol. The van der Waals surface area contributed by atoms with Gasteiger partial charge in [0.05, 0.1) is 15.6 Å². The lowest BCUT2D eigenvalue weighted by Gasteiger charge is -2.24. The number of hydrogen-bond acceptors (Lipinski definition) is 3. The van der Waals surface area contributed by atoms with Crippen LogP contribution in [0.1, 0.15) is 31.7 Å². The highest BCUT2D eigenvalue weighted by Crippen LogP contribution is 2.36. The minimum Gasteiger partial charge on any atom is -0.486 e. The Bertz CT molecular complexity index is 424. The molecule has 0 aromatic heterocycles. The van der Waals surface area contributed by atoms with Gasteiger partial charge in [0.15, 0.2) is 0 Å². The summed E-state index contributed by atoms with van der Waals surface area (Å²) in [6, 6.07) is 4.39. The number of hydrogen-bond donors (Lipinski definition) is 1. The van der Waals surface area contributed by atoms with Crippen LogP contribution in [-0.4, -0.2) is 25.4 Å². The molecule has 0 saturated carbocycles. The van der Waals surface area contributed by atoms with Gasteiger partial charge in [-0.3, -0.25) is 0 Å². The Kier molecular flexibility index (Phi) is 6.33. The Balaban J connectivity index is 2.09. The molecule has 20 heavy (non-hydrogen) atoms. The second kappa shape index (κ2) is 7.78. The lowest BCUT2D eigenvalue weighted by Crippen LogP contribution is -2.28. The maximum absolute atomic E-state index is 6.05. The minimum atomic E-state index is 0.139. The van der Waals surface area contributed by atoms with Crippen LogP contribution in [0.4, 0.5) is 0 Å². The van der Waals surface area contributed by atoms with Crippen molar-refractivity contribution < 1.29 is 9.47 Å². The standard InChI is InChI=1S/C15H21Br2NO2/c1-2-11(18)6-10-7-13(16)15(14(17)8-10)20-12-4-3-5-19-9-12/h7-8,11-12H,2-6,9,18H2,1H3. The van der Waals surface area contributed by atoms with Gasteiger partial charge >= 0.3 is 0 Å². The van der Waals surface area contributed by atoms with E-state index in [2.05, 4.69) is 50.9 Å². The molecule has 1 aliphatic heterocycles. The van der Waals surface area contributed by atoms with E-state index < -0.39 is 0 Å². The number of halogens is 2. The lowest BCUT2D eigenvalue weighted by molar-refractivity contribution is 0.00678. The van der Waals surface area contributed by atoms with E-state index in [1.807, 2.05) is 0 Å². The topological polar surface area (TPSA) is 44.5 Å². The fraction of sp³-hybridized carbons (Fsp3) is 0.600. The lowest BCUT2D eigenvalue weighted by atomic mass is 10.0. The van der Waals surface area contributed by atoms with Gasteiger partial charge < -0.3 is 15.2 Å². The summed E-state index contributed by atoms with van der Waals surface area (Å²) in [4.78, 5) is 0. The molecule has 1 aromatic carbocycles. The SMILES string of the molecule is CCC(N)Cc1cc(Br)c(OC2CCCOC2)c(Br)c1. The molecule has 3 nitrogen and oxygen atoms in total. The fourth-order valence-corrected chi connectivity index (χ4v) is 3.73. The molecular weight excluding hydrogens is 386 g/mol. The van der Waals surface area contributed by atoms with Crippen molar-refractivity contribution in [3.8, 4) is 5.75 Å². The summed E-state index contributed by atoms with van der Waals surface area (Å²) in [5.41, 5.74) is 7.23. The third-order valence-corrected chi connectivity index (χ3v) is 4.66. The Labute approximate surface area is 137 Å². The van der Waals surface area contributed by atoms with Crippen LogP contribution in [0.3, 0.4) is 0 Å². The molecule has 112 valence electrons.